The SMILES string of the molecule is CC1(C)OB(c2ccc(C(=O)NC3CCCNC3)c(F)c2)OC1(C)C. The molecule has 0 spiro atoms. The van der Waals surface area contributed by atoms with Crippen LogP contribution in [0.25, 0.3) is 0 Å². The van der Waals surface area contributed by atoms with Gasteiger partial charge in [0.2, 0.25) is 0 Å². The second-order valence-corrected chi connectivity index (χ2v) is 7.84. The molecule has 2 fully saturated rings. The molecule has 2 N–H and O–H groups in total. The number of benzene rings is 1. The first-order chi connectivity index (χ1) is 11.7. The molecule has 0 bridgehead atoms. The van der Waals surface area contributed by atoms with Gasteiger partial charge in [0.25, 0.3) is 5.91 Å². The Balaban J connectivity index is 1.72. The average molecular weight is 348 g/mol. The van der Waals surface area contributed by atoms with E-state index in [0.29, 0.717) is 5.46 Å². The highest BCUT2D eigenvalue weighted by atomic mass is 19.1. The monoisotopic (exact) mass is 348 g/mol. The van der Waals surface area contributed by atoms with E-state index in [1.54, 1.807) is 6.07 Å². The van der Waals surface area contributed by atoms with Crippen LogP contribution in [0.4, 0.5) is 4.39 Å². The minimum absolute atomic E-state index is 0.0448. The largest absolute Gasteiger partial charge is 0.494 e. The first kappa shape index (κ1) is 18.4. The van der Waals surface area contributed by atoms with Gasteiger partial charge in [-0.05, 0) is 64.7 Å². The summed E-state index contributed by atoms with van der Waals surface area (Å²) in [6.07, 6.45) is 1.92. The van der Waals surface area contributed by atoms with Crippen molar-refractivity contribution in [2.75, 3.05) is 13.1 Å². The fourth-order valence-electron chi connectivity index (χ4n) is 3.08. The Labute approximate surface area is 148 Å². The molecule has 1 aromatic carbocycles. The Hall–Kier alpha value is -1.44. The van der Waals surface area contributed by atoms with E-state index in [2.05, 4.69) is 10.6 Å². The van der Waals surface area contributed by atoms with E-state index < -0.39 is 24.1 Å². The second kappa shape index (κ2) is 6.70. The third-order valence-corrected chi connectivity index (χ3v) is 5.40. The van der Waals surface area contributed by atoms with Gasteiger partial charge in [0.05, 0.1) is 16.8 Å². The Kier molecular flexibility index (Phi) is 4.92. The molecule has 0 aliphatic carbocycles. The molecule has 5 nitrogen and oxygen atoms in total. The molecular formula is C18H26BFN2O3. The number of hydrogen-bond donors (Lipinski definition) is 2. The summed E-state index contributed by atoms with van der Waals surface area (Å²) in [5.74, 6) is -0.944. The molecular weight excluding hydrogens is 322 g/mol. The van der Waals surface area contributed by atoms with Gasteiger partial charge in [0.15, 0.2) is 0 Å². The molecule has 25 heavy (non-hydrogen) atoms. The van der Waals surface area contributed by atoms with Gasteiger partial charge in [-0.15, -0.1) is 0 Å². The average Bonchev–Trinajstić information content (AvgIpc) is 2.76. The van der Waals surface area contributed by atoms with Gasteiger partial charge in [0, 0.05) is 12.6 Å². The molecule has 3 rings (SSSR count). The zero-order valence-electron chi connectivity index (χ0n) is 15.3. The summed E-state index contributed by atoms with van der Waals surface area (Å²) in [5.41, 5.74) is -0.353. The van der Waals surface area contributed by atoms with Crippen molar-refractivity contribution in [1.29, 1.82) is 0 Å². The minimum Gasteiger partial charge on any atom is -0.399 e. The molecule has 1 amide bonds. The number of amides is 1. The molecule has 7 heteroatoms. The molecule has 2 saturated heterocycles. The first-order valence-electron chi connectivity index (χ1n) is 8.86. The van der Waals surface area contributed by atoms with Crippen LogP contribution in [0.2, 0.25) is 0 Å². The summed E-state index contributed by atoms with van der Waals surface area (Å²) >= 11 is 0. The zero-order valence-corrected chi connectivity index (χ0v) is 15.3. The zero-order chi connectivity index (χ0) is 18.2. The number of hydrogen-bond acceptors (Lipinski definition) is 4. The van der Waals surface area contributed by atoms with E-state index in [1.807, 2.05) is 27.7 Å². The smallest absolute Gasteiger partial charge is 0.399 e. The van der Waals surface area contributed by atoms with Crippen molar-refractivity contribution < 1.29 is 18.5 Å². The second-order valence-electron chi connectivity index (χ2n) is 7.84. The Morgan fingerprint density at radius 3 is 2.52 bits per heavy atom. The topological polar surface area (TPSA) is 59.6 Å². The molecule has 136 valence electrons. The third kappa shape index (κ3) is 3.73. The minimum atomic E-state index is -0.640. The van der Waals surface area contributed by atoms with Gasteiger partial charge >= 0.3 is 7.12 Å². The van der Waals surface area contributed by atoms with Crippen LogP contribution in [0.1, 0.15) is 50.9 Å². The van der Waals surface area contributed by atoms with Crippen LogP contribution in [0.15, 0.2) is 18.2 Å². The van der Waals surface area contributed by atoms with Crippen molar-refractivity contribution in [3.8, 4) is 0 Å². The standard InChI is InChI=1S/C18H26BFN2O3/c1-17(2)18(3,4)25-19(24-17)12-7-8-14(15(20)10-12)16(23)22-13-6-5-9-21-11-13/h7-8,10,13,21H,5-6,9,11H2,1-4H3,(H,22,23). The Morgan fingerprint density at radius 2 is 1.96 bits per heavy atom. The van der Waals surface area contributed by atoms with Crippen LogP contribution in [-0.4, -0.2) is 43.4 Å². The van der Waals surface area contributed by atoms with Gasteiger partial charge in [-0.1, -0.05) is 6.07 Å². The van der Waals surface area contributed by atoms with Crippen LogP contribution < -0.4 is 16.1 Å². The molecule has 2 aliphatic heterocycles. The quantitative estimate of drug-likeness (QED) is 0.815. The Morgan fingerprint density at radius 1 is 1.28 bits per heavy atom. The maximum Gasteiger partial charge on any atom is 0.494 e. The van der Waals surface area contributed by atoms with E-state index >= 15 is 0 Å². The van der Waals surface area contributed by atoms with Crippen molar-refractivity contribution >= 4 is 18.5 Å². The molecule has 0 aromatic heterocycles. The number of piperidine rings is 1. The number of carbonyl (C=O) groups is 1. The van der Waals surface area contributed by atoms with Gasteiger partial charge < -0.3 is 19.9 Å². The molecule has 0 saturated carbocycles. The van der Waals surface area contributed by atoms with Gasteiger partial charge in [0.1, 0.15) is 5.82 Å². The lowest BCUT2D eigenvalue weighted by molar-refractivity contribution is 0.00578. The summed E-state index contributed by atoms with van der Waals surface area (Å²) in [4.78, 5) is 12.3. The normalized spacial score (nSPS) is 25.0. The van der Waals surface area contributed by atoms with E-state index in [1.165, 1.54) is 12.1 Å². The van der Waals surface area contributed by atoms with E-state index in [4.69, 9.17) is 9.31 Å². The highest BCUT2D eigenvalue weighted by molar-refractivity contribution is 6.62. The van der Waals surface area contributed by atoms with Crippen LogP contribution in [-0.2, 0) is 9.31 Å². The molecule has 0 radical (unpaired) electrons. The number of rotatable bonds is 3. The summed E-state index contributed by atoms with van der Waals surface area (Å²) < 4.78 is 26.4. The van der Waals surface area contributed by atoms with Gasteiger partial charge in [-0.2, -0.15) is 0 Å². The maximum atomic E-state index is 14.5. The number of carbonyl (C=O) groups excluding carboxylic acids is 1. The van der Waals surface area contributed by atoms with Crippen LogP contribution >= 0.6 is 0 Å². The predicted molar refractivity (Wildman–Crippen MR) is 95.5 cm³/mol. The summed E-state index contributed by atoms with van der Waals surface area (Å²) in [6.45, 7) is 9.47. The number of nitrogens with one attached hydrogen (secondary N) is 2. The fourth-order valence-corrected chi connectivity index (χ4v) is 3.08. The van der Waals surface area contributed by atoms with Gasteiger partial charge in [-0.25, -0.2) is 4.39 Å². The first-order valence-corrected chi connectivity index (χ1v) is 8.86. The molecule has 2 heterocycles. The lowest BCUT2D eigenvalue weighted by atomic mass is 9.78. The molecule has 1 atom stereocenters. The fraction of sp³-hybridized carbons (Fsp3) is 0.611. The maximum absolute atomic E-state index is 14.5. The molecule has 1 unspecified atom stereocenters. The van der Waals surface area contributed by atoms with E-state index in [9.17, 15) is 9.18 Å². The summed E-state index contributed by atoms with van der Waals surface area (Å²) in [6, 6.07) is 4.57. The van der Waals surface area contributed by atoms with Crippen molar-refractivity contribution in [1.82, 2.24) is 10.6 Å². The molecule has 2 aliphatic rings. The third-order valence-electron chi connectivity index (χ3n) is 5.40. The van der Waals surface area contributed by atoms with Gasteiger partial charge in [-0.3, -0.25) is 4.79 Å². The van der Waals surface area contributed by atoms with Crippen molar-refractivity contribution in [2.45, 2.75) is 57.8 Å². The highest BCUT2D eigenvalue weighted by Crippen LogP contribution is 2.36. The summed E-state index contributed by atoms with van der Waals surface area (Å²) in [7, 11) is -0.640. The van der Waals surface area contributed by atoms with Crippen LogP contribution in [0, 0.1) is 5.82 Å². The van der Waals surface area contributed by atoms with Crippen molar-refractivity contribution in [3.63, 3.8) is 0 Å². The van der Waals surface area contributed by atoms with E-state index in [0.717, 1.165) is 25.9 Å². The Bertz CT molecular complexity index is 644. The van der Waals surface area contributed by atoms with Crippen LogP contribution in [0.5, 0.6) is 0 Å². The van der Waals surface area contributed by atoms with Crippen LogP contribution in [0.3, 0.4) is 0 Å². The summed E-state index contributed by atoms with van der Waals surface area (Å²) in [5, 5.41) is 6.11. The van der Waals surface area contributed by atoms with Crippen molar-refractivity contribution in [3.05, 3.63) is 29.6 Å². The molecule has 1 aromatic rings. The van der Waals surface area contributed by atoms with Crippen molar-refractivity contribution in [2.24, 2.45) is 0 Å². The van der Waals surface area contributed by atoms with E-state index in [-0.39, 0.29) is 17.5 Å². The number of halogens is 1. The lowest BCUT2D eigenvalue weighted by Crippen LogP contribution is -2.46. The predicted octanol–water partition coefficient (Wildman–Crippen LogP) is 1.61. The highest BCUT2D eigenvalue weighted by Gasteiger charge is 2.51. The lowest BCUT2D eigenvalue weighted by Gasteiger charge is -2.32.